The lowest BCUT2D eigenvalue weighted by molar-refractivity contribution is -0.123. The Kier molecular flexibility index (Phi) is 4.02. The summed E-state index contributed by atoms with van der Waals surface area (Å²) in [5.41, 5.74) is 1.75. The van der Waals surface area contributed by atoms with E-state index in [1.54, 1.807) is 6.07 Å². The van der Waals surface area contributed by atoms with Crippen molar-refractivity contribution in [1.29, 1.82) is 0 Å². The van der Waals surface area contributed by atoms with Crippen molar-refractivity contribution in [2.75, 3.05) is 18.5 Å². The highest BCUT2D eigenvalue weighted by Crippen LogP contribution is 2.21. The minimum atomic E-state index is -0.0381. The van der Waals surface area contributed by atoms with Crippen LogP contribution in [0.4, 0.5) is 5.69 Å². The molecule has 17 heavy (non-hydrogen) atoms. The first-order chi connectivity index (χ1) is 8.16. The van der Waals surface area contributed by atoms with Gasteiger partial charge in [0, 0.05) is 17.3 Å². The van der Waals surface area contributed by atoms with Gasteiger partial charge in [-0.3, -0.25) is 4.79 Å². The van der Waals surface area contributed by atoms with Crippen LogP contribution in [0.15, 0.2) is 18.2 Å². The Morgan fingerprint density at radius 1 is 1.53 bits per heavy atom. The van der Waals surface area contributed by atoms with E-state index in [9.17, 15) is 4.79 Å². The van der Waals surface area contributed by atoms with Crippen LogP contribution in [-0.2, 0) is 9.53 Å². The quantitative estimate of drug-likeness (QED) is 0.880. The third-order valence-electron chi connectivity index (χ3n) is 2.97. The topological polar surface area (TPSA) is 38.3 Å². The highest BCUT2D eigenvalue weighted by atomic mass is 35.5. The summed E-state index contributed by atoms with van der Waals surface area (Å²) in [6, 6.07) is 5.54. The Hall–Kier alpha value is -1.06. The van der Waals surface area contributed by atoms with E-state index >= 15 is 0 Å². The van der Waals surface area contributed by atoms with Crippen LogP contribution in [-0.4, -0.2) is 19.1 Å². The van der Waals surface area contributed by atoms with E-state index in [1.165, 1.54) is 0 Å². The number of hydrogen-bond acceptors (Lipinski definition) is 2. The van der Waals surface area contributed by atoms with E-state index in [2.05, 4.69) is 5.32 Å². The Balaban J connectivity index is 1.99. The fourth-order valence-corrected chi connectivity index (χ4v) is 2.04. The lowest BCUT2D eigenvalue weighted by Gasteiger charge is -2.21. The van der Waals surface area contributed by atoms with Crippen molar-refractivity contribution in [2.45, 2.75) is 19.8 Å². The molecule has 1 heterocycles. The molecule has 1 N–H and O–H groups in total. The first-order valence-electron chi connectivity index (χ1n) is 5.81. The number of halogens is 1. The van der Waals surface area contributed by atoms with Gasteiger partial charge in [-0.05, 0) is 37.5 Å². The number of anilines is 1. The maximum Gasteiger partial charge on any atom is 0.229 e. The van der Waals surface area contributed by atoms with Gasteiger partial charge in [0.1, 0.15) is 0 Å². The summed E-state index contributed by atoms with van der Waals surface area (Å²) in [4.78, 5) is 11.9. The highest BCUT2D eigenvalue weighted by molar-refractivity contribution is 6.31. The number of carbonyl (C=O) groups excluding carboxylic acids is 1. The molecule has 3 nitrogen and oxygen atoms in total. The summed E-state index contributed by atoms with van der Waals surface area (Å²) >= 11 is 6.01. The number of rotatable bonds is 2. The molecular formula is C13H16ClNO2. The number of hydrogen-bond donors (Lipinski definition) is 1. The molecule has 92 valence electrons. The van der Waals surface area contributed by atoms with Gasteiger partial charge in [0.2, 0.25) is 5.91 Å². The molecule has 0 aliphatic carbocycles. The number of aryl methyl sites for hydroxylation is 1. The fourth-order valence-electron chi connectivity index (χ4n) is 1.86. The summed E-state index contributed by atoms with van der Waals surface area (Å²) in [5.74, 6) is -0.0200. The van der Waals surface area contributed by atoms with Crippen molar-refractivity contribution in [3.63, 3.8) is 0 Å². The third kappa shape index (κ3) is 3.20. The molecule has 0 aromatic heterocycles. The van der Waals surface area contributed by atoms with Gasteiger partial charge in [0.05, 0.1) is 12.5 Å². The Morgan fingerprint density at radius 2 is 2.35 bits per heavy atom. The molecule has 1 aromatic rings. The second-order valence-electron chi connectivity index (χ2n) is 4.37. The summed E-state index contributed by atoms with van der Waals surface area (Å²) in [5, 5.41) is 3.55. The molecule has 2 rings (SSSR count). The van der Waals surface area contributed by atoms with Crippen molar-refractivity contribution in [3.8, 4) is 0 Å². The van der Waals surface area contributed by atoms with Crippen molar-refractivity contribution in [3.05, 3.63) is 28.8 Å². The van der Waals surface area contributed by atoms with Gasteiger partial charge in [0.15, 0.2) is 0 Å². The van der Waals surface area contributed by atoms with Crippen LogP contribution in [0.2, 0.25) is 5.02 Å². The average Bonchev–Trinajstić information content (AvgIpc) is 2.35. The number of benzene rings is 1. The first-order valence-corrected chi connectivity index (χ1v) is 6.19. The van der Waals surface area contributed by atoms with Crippen molar-refractivity contribution >= 4 is 23.2 Å². The summed E-state index contributed by atoms with van der Waals surface area (Å²) < 4.78 is 5.30. The fraction of sp³-hybridized carbons (Fsp3) is 0.462. The molecule has 0 spiro atoms. The molecule has 1 aliphatic rings. The Morgan fingerprint density at radius 3 is 3.00 bits per heavy atom. The number of carbonyl (C=O) groups is 1. The van der Waals surface area contributed by atoms with Gasteiger partial charge in [-0.25, -0.2) is 0 Å². The monoisotopic (exact) mass is 253 g/mol. The molecule has 1 fully saturated rings. The van der Waals surface area contributed by atoms with Gasteiger partial charge in [-0.1, -0.05) is 17.7 Å². The maximum absolute atomic E-state index is 11.9. The summed E-state index contributed by atoms with van der Waals surface area (Å²) in [7, 11) is 0. The van der Waals surface area contributed by atoms with Gasteiger partial charge in [-0.2, -0.15) is 0 Å². The van der Waals surface area contributed by atoms with E-state index in [-0.39, 0.29) is 11.8 Å². The zero-order chi connectivity index (χ0) is 12.3. The maximum atomic E-state index is 11.9. The minimum absolute atomic E-state index is 0.0182. The SMILES string of the molecule is Cc1ccc(NC(=O)C2CCCOC2)cc1Cl. The highest BCUT2D eigenvalue weighted by Gasteiger charge is 2.21. The molecule has 1 amide bonds. The third-order valence-corrected chi connectivity index (χ3v) is 3.38. The van der Waals surface area contributed by atoms with Crippen LogP contribution >= 0.6 is 11.6 Å². The van der Waals surface area contributed by atoms with E-state index < -0.39 is 0 Å². The smallest absolute Gasteiger partial charge is 0.229 e. The van der Waals surface area contributed by atoms with Crippen LogP contribution in [0.25, 0.3) is 0 Å². The summed E-state index contributed by atoms with van der Waals surface area (Å²) in [6.45, 7) is 3.22. The molecule has 1 atom stereocenters. The van der Waals surface area contributed by atoms with Crippen LogP contribution in [0, 0.1) is 12.8 Å². The molecule has 0 saturated carbocycles. The second kappa shape index (κ2) is 5.52. The second-order valence-corrected chi connectivity index (χ2v) is 4.77. The largest absolute Gasteiger partial charge is 0.381 e. The summed E-state index contributed by atoms with van der Waals surface area (Å²) in [6.07, 6.45) is 1.85. The van der Waals surface area contributed by atoms with Gasteiger partial charge in [-0.15, -0.1) is 0 Å². The van der Waals surface area contributed by atoms with E-state index in [4.69, 9.17) is 16.3 Å². The number of ether oxygens (including phenoxy) is 1. The average molecular weight is 254 g/mol. The molecule has 1 unspecified atom stereocenters. The van der Waals surface area contributed by atoms with E-state index in [0.717, 1.165) is 30.7 Å². The Bertz CT molecular complexity index is 414. The molecule has 1 saturated heterocycles. The standard InChI is InChI=1S/C13H16ClNO2/c1-9-4-5-11(7-12(9)14)15-13(16)10-3-2-6-17-8-10/h4-5,7,10H,2-3,6,8H2,1H3,(H,15,16). The molecular weight excluding hydrogens is 238 g/mol. The lowest BCUT2D eigenvalue weighted by Crippen LogP contribution is -2.30. The molecule has 4 heteroatoms. The molecule has 1 aromatic carbocycles. The Labute approximate surface area is 106 Å². The van der Waals surface area contributed by atoms with E-state index in [0.29, 0.717) is 11.6 Å². The number of amides is 1. The predicted molar refractivity (Wildman–Crippen MR) is 68.4 cm³/mol. The number of nitrogens with one attached hydrogen (secondary N) is 1. The minimum Gasteiger partial charge on any atom is -0.381 e. The van der Waals surface area contributed by atoms with Gasteiger partial charge < -0.3 is 10.1 Å². The van der Waals surface area contributed by atoms with Crippen molar-refractivity contribution in [2.24, 2.45) is 5.92 Å². The van der Waals surface area contributed by atoms with Crippen molar-refractivity contribution in [1.82, 2.24) is 0 Å². The zero-order valence-electron chi connectivity index (χ0n) is 9.83. The van der Waals surface area contributed by atoms with Crippen LogP contribution in [0.3, 0.4) is 0 Å². The predicted octanol–water partition coefficient (Wildman–Crippen LogP) is 3.01. The van der Waals surface area contributed by atoms with Gasteiger partial charge in [0.25, 0.3) is 0 Å². The van der Waals surface area contributed by atoms with Gasteiger partial charge >= 0.3 is 0 Å². The van der Waals surface area contributed by atoms with Crippen LogP contribution in [0.1, 0.15) is 18.4 Å². The van der Waals surface area contributed by atoms with Crippen LogP contribution < -0.4 is 5.32 Å². The van der Waals surface area contributed by atoms with Crippen LogP contribution in [0.5, 0.6) is 0 Å². The normalized spacial score (nSPS) is 20.0. The zero-order valence-corrected chi connectivity index (χ0v) is 10.6. The first kappa shape index (κ1) is 12.4. The molecule has 1 aliphatic heterocycles. The van der Waals surface area contributed by atoms with Crippen molar-refractivity contribution < 1.29 is 9.53 Å². The lowest BCUT2D eigenvalue weighted by atomic mass is 10.0. The van der Waals surface area contributed by atoms with E-state index in [1.807, 2.05) is 19.1 Å². The molecule has 0 bridgehead atoms. The molecule has 0 radical (unpaired) electrons.